The van der Waals surface area contributed by atoms with Crippen molar-refractivity contribution in [2.24, 2.45) is 0 Å². The number of rotatable bonds is 6. The first-order valence-electron chi connectivity index (χ1n) is 7.99. The third kappa shape index (κ3) is 5.00. The summed E-state index contributed by atoms with van der Waals surface area (Å²) in [4.78, 5) is 12.1. The van der Waals surface area contributed by atoms with Gasteiger partial charge in [-0.15, -0.1) is 10.2 Å². The molecule has 0 bridgehead atoms. The van der Waals surface area contributed by atoms with Crippen LogP contribution in [0.25, 0.3) is 0 Å². The van der Waals surface area contributed by atoms with E-state index in [9.17, 15) is 9.18 Å². The van der Waals surface area contributed by atoms with Crippen LogP contribution in [0.5, 0.6) is 0 Å². The third-order valence-electron chi connectivity index (χ3n) is 3.61. The zero-order valence-corrected chi connectivity index (χ0v) is 14.5. The van der Waals surface area contributed by atoms with Crippen LogP contribution in [0.2, 0.25) is 5.02 Å². The summed E-state index contributed by atoms with van der Waals surface area (Å²) >= 11 is 5.84. The van der Waals surface area contributed by atoms with Crippen molar-refractivity contribution in [2.45, 2.75) is 6.42 Å². The summed E-state index contributed by atoms with van der Waals surface area (Å²) in [7, 11) is 0. The van der Waals surface area contributed by atoms with Gasteiger partial charge < -0.3 is 10.6 Å². The number of hydrogen-bond donors (Lipinski definition) is 2. The number of aromatic nitrogens is 2. The predicted octanol–water partition coefficient (Wildman–Crippen LogP) is 3.99. The van der Waals surface area contributed by atoms with E-state index < -0.39 is 0 Å². The molecule has 1 heterocycles. The molecule has 0 aliphatic heterocycles. The molecular weight excluding hydrogens is 355 g/mol. The molecule has 0 radical (unpaired) electrons. The molecule has 5 nitrogen and oxygen atoms in total. The highest BCUT2D eigenvalue weighted by molar-refractivity contribution is 6.30. The van der Waals surface area contributed by atoms with Crippen molar-refractivity contribution in [3.8, 4) is 0 Å². The van der Waals surface area contributed by atoms with E-state index in [4.69, 9.17) is 11.6 Å². The normalized spacial score (nSPS) is 10.4. The van der Waals surface area contributed by atoms with Gasteiger partial charge in [0.1, 0.15) is 5.82 Å². The molecule has 0 atom stereocenters. The second-order valence-corrected chi connectivity index (χ2v) is 6.01. The first kappa shape index (κ1) is 17.8. The van der Waals surface area contributed by atoms with Gasteiger partial charge in [0.15, 0.2) is 11.5 Å². The van der Waals surface area contributed by atoms with Gasteiger partial charge in [0, 0.05) is 17.3 Å². The molecule has 7 heteroatoms. The summed E-state index contributed by atoms with van der Waals surface area (Å²) in [5.41, 5.74) is 1.85. The highest BCUT2D eigenvalue weighted by atomic mass is 35.5. The molecule has 0 spiro atoms. The van der Waals surface area contributed by atoms with Crippen LogP contribution in [0.15, 0.2) is 60.7 Å². The Kier molecular flexibility index (Phi) is 5.76. The first-order valence-corrected chi connectivity index (χ1v) is 8.37. The Balaban J connectivity index is 1.52. The molecule has 2 N–H and O–H groups in total. The molecule has 0 saturated carbocycles. The van der Waals surface area contributed by atoms with E-state index in [-0.39, 0.29) is 17.4 Å². The van der Waals surface area contributed by atoms with Crippen LogP contribution < -0.4 is 10.6 Å². The number of nitrogens with zero attached hydrogens (tertiary/aromatic N) is 2. The maximum atomic E-state index is 13.2. The van der Waals surface area contributed by atoms with Crippen LogP contribution in [0, 0.1) is 5.82 Å². The molecule has 3 rings (SSSR count). The van der Waals surface area contributed by atoms with Gasteiger partial charge in [-0.2, -0.15) is 0 Å². The van der Waals surface area contributed by atoms with E-state index >= 15 is 0 Å². The Morgan fingerprint density at radius 1 is 1.04 bits per heavy atom. The van der Waals surface area contributed by atoms with E-state index in [0.29, 0.717) is 29.5 Å². The summed E-state index contributed by atoms with van der Waals surface area (Å²) in [6.07, 6.45) is 0.690. The lowest BCUT2D eigenvalue weighted by atomic mass is 10.1. The van der Waals surface area contributed by atoms with Crippen LogP contribution in [0.4, 0.5) is 15.9 Å². The molecule has 1 aromatic heterocycles. The molecule has 0 aliphatic carbocycles. The van der Waals surface area contributed by atoms with E-state index in [2.05, 4.69) is 20.8 Å². The summed E-state index contributed by atoms with van der Waals surface area (Å²) in [6, 6.07) is 16.6. The van der Waals surface area contributed by atoms with Gasteiger partial charge in [0.25, 0.3) is 5.91 Å². The van der Waals surface area contributed by atoms with Crippen molar-refractivity contribution < 1.29 is 9.18 Å². The van der Waals surface area contributed by atoms with Crippen molar-refractivity contribution >= 4 is 29.0 Å². The summed E-state index contributed by atoms with van der Waals surface area (Å²) < 4.78 is 13.2. The van der Waals surface area contributed by atoms with Crippen LogP contribution >= 0.6 is 11.6 Å². The van der Waals surface area contributed by atoms with Crippen molar-refractivity contribution in [3.05, 3.63) is 82.8 Å². The summed E-state index contributed by atoms with van der Waals surface area (Å²) in [6.45, 7) is 0.478. The van der Waals surface area contributed by atoms with E-state index in [1.165, 1.54) is 12.1 Å². The smallest absolute Gasteiger partial charge is 0.271 e. The van der Waals surface area contributed by atoms with Crippen molar-refractivity contribution in [1.82, 2.24) is 15.5 Å². The zero-order chi connectivity index (χ0) is 18.4. The third-order valence-corrected chi connectivity index (χ3v) is 3.86. The molecule has 26 heavy (non-hydrogen) atoms. The zero-order valence-electron chi connectivity index (χ0n) is 13.7. The lowest BCUT2D eigenvalue weighted by Gasteiger charge is -2.07. The predicted molar refractivity (Wildman–Crippen MR) is 99.2 cm³/mol. The number of carbonyl (C=O) groups is 1. The van der Waals surface area contributed by atoms with Gasteiger partial charge >= 0.3 is 0 Å². The Bertz CT molecular complexity index is 885. The van der Waals surface area contributed by atoms with Crippen molar-refractivity contribution in [3.63, 3.8) is 0 Å². The fourth-order valence-electron chi connectivity index (χ4n) is 2.30. The van der Waals surface area contributed by atoms with Gasteiger partial charge in [-0.3, -0.25) is 4.79 Å². The standard InChI is InChI=1S/C19H16ClFN4O/c20-14-6-4-13(5-7-14)10-11-22-19(26)17-8-9-18(25-24-17)23-16-3-1-2-15(21)12-16/h1-9,12H,10-11H2,(H,22,26)(H,23,25). The molecule has 2 aromatic carbocycles. The van der Waals surface area contributed by atoms with Crippen LogP contribution in [-0.2, 0) is 6.42 Å². The summed E-state index contributed by atoms with van der Waals surface area (Å²) in [5.74, 6) is -0.225. The topological polar surface area (TPSA) is 66.9 Å². The minimum atomic E-state index is -0.348. The van der Waals surface area contributed by atoms with Gasteiger partial charge in [-0.25, -0.2) is 4.39 Å². The molecule has 0 fully saturated rings. The minimum absolute atomic E-state index is 0.214. The highest BCUT2D eigenvalue weighted by Gasteiger charge is 2.08. The first-order chi connectivity index (χ1) is 12.6. The number of nitrogens with one attached hydrogen (secondary N) is 2. The van der Waals surface area contributed by atoms with Gasteiger partial charge in [0.2, 0.25) is 0 Å². The molecule has 132 valence electrons. The van der Waals surface area contributed by atoms with E-state index in [1.807, 2.05) is 24.3 Å². The van der Waals surface area contributed by atoms with Gasteiger partial charge in [-0.1, -0.05) is 29.8 Å². The summed E-state index contributed by atoms with van der Waals surface area (Å²) in [5, 5.41) is 14.2. The van der Waals surface area contributed by atoms with Gasteiger partial charge in [-0.05, 0) is 54.4 Å². The fourth-order valence-corrected chi connectivity index (χ4v) is 2.42. The second kappa shape index (κ2) is 8.40. The maximum absolute atomic E-state index is 13.2. The maximum Gasteiger partial charge on any atom is 0.271 e. The number of halogens is 2. The molecule has 0 unspecified atom stereocenters. The second-order valence-electron chi connectivity index (χ2n) is 5.57. The number of carbonyl (C=O) groups excluding carboxylic acids is 1. The lowest BCUT2D eigenvalue weighted by molar-refractivity contribution is 0.0948. The van der Waals surface area contributed by atoms with E-state index in [0.717, 1.165) is 5.56 Å². The Morgan fingerprint density at radius 3 is 2.54 bits per heavy atom. The number of anilines is 2. The van der Waals surface area contributed by atoms with Crippen molar-refractivity contribution in [1.29, 1.82) is 0 Å². The van der Waals surface area contributed by atoms with E-state index in [1.54, 1.807) is 24.3 Å². The SMILES string of the molecule is O=C(NCCc1ccc(Cl)cc1)c1ccc(Nc2cccc(F)c2)nn1. The largest absolute Gasteiger partial charge is 0.350 e. The van der Waals surface area contributed by atoms with Crippen LogP contribution in [0.3, 0.4) is 0 Å². The number of benzene rings is 2. The lowest BCUT2D eigenvalue weighted by Crippen LogP contribution is -2.26. The highest BCUT2D eigenvalue weighted by Crippen LogP contribution is 2.15. The quantitative estimate of drug-likeness (QED) is 0.688. The molecule has 0 saturated heterocycles. The molecule has 0 aliphatic rings. The average Bonchev–Trinajstić information content (AvgIpc) is 2.64. The van der Waals surface area contributed by atoms with Crippen molar-refractivity contribution in [2.75, 3.05) is 11.9 Å². The van der Waals surface area contributed by atoms with Crippen LogP contribution in [0.1, 0.15) is 16.1 Å². The average molecular weight is 371 g/mol. The molecular formula is C19H16ClFN4O. The minimum Gasteiger partial charge on any atom is -0.350 e. The Labute approximate surface area is 155 Å². The number of hydrogen-bond acceptors (Lipinski definition) is 4. The van der Waals surface area contributed by atoms with Crippen LogP contribution in [-0.4, -0.2) is 22.6 Å². The molecule has 3 aromatic rings. The molecule has 1 amide bonds. The number of amides is 1. The Hall–Kier alpha value is -2.99. The fraction of sp³-hybridized carbons (Fsp3) is 0.105. The van der Waals surface area contributed by atoms with Gasteiger partial charge in [0.05, 0.1) is 0 Å². The Morgan fingerprint density at radius 2 is 1.85 bits per heavy atom. The monoisotopic (exact) mass is 370 g/mol.